The molecule has 0 aliphatic rings. The van der Waals surface area contributed by atoms with Crippen LogP contribution in [-0.2, 0) is 5.41 Å². The lowest BCUT2D eigenvalue weighted by atomic mass is 9.82. The summed E-state index contributed by atoms with van der Waals surface area (Å²) < 4.78 is 0. The highest BCUT2D eigenvalue weighted by molar-refractivity contribution is 5.46. The Bertz CT molecular complexity index is 377. The molecule has 0 heterocycles. The predicted molar refractivity (Wildman–Crippen MR) is 69.0 cm³/mol. The van der Waals surface area contributed by atoms with Gasteiger partial charge in [0, 0.05) is 0 Å². The zero-order valence-electron chi connectivity index (χ0n) is 11.0. The van der Waals surface area contributed by atoms with Crippen LogP contribution in [0.15, 0.2) is 12.1 Å². The maximum absolute atomic E-state index is 9.97. The molecule has 0 aromatic heterocycles. The molecular weight excluding hydrogens is 198 g/mol. The van der Waals surface area contributed by atoms with E-state index in [4.69, 9.17) is 5.73 Å². The van der Waals surface area contributed by atoms with E-state index in [9.17, 15) is 5.11 Å². The van der Waals surface area contributed by atoms with Crippen molar-refractivity contribution in [1.29, 1.82) is 0 Å². The van der Waals surface area contributed by atoms with Crippen LogP contribution in [0.25, 0.3) is 0 Å². The lowest BCUT2D eigenvalue weighted by Gasteiger charge is -2.24. The third-order valence-electron chi connectivity index (χ3n) is 3.08. The van der Waals surface area contributed by atoms with Crippen LogP contribution >= 0.6 is 0 Å². The molecule has 3 N–H and O–H groups in total. The van der Waals surface area contributed by atoms with Gasteiger partial charge in [-0.15, -0.1) is 0 Å². The minimum absolute atomic E-state index is 0.0408. The standard InChI is InChI=1S/C14H23NO/c1-9-6-13(16)12(14(3,4)5)7-11(9)10(2)8-15/h6-7,10,16H,8,15H2,1-5H3. The molecule has 0 aliphatic heterocycles. The summed E-state index contributed by atoms with van der Waals surface area (Å²) >= 11 is 0. The third kappa shape index (κ3) is 2.56. The van der Waals surface area contributed by atoms with Gasteiger partial charge in [-0.25, -0.2) is 0 Å². The van der Waals surface area contributed by atoms with Crippen LogP contribution < -0.4 is 5.73 Å². The number of aryl methyl sites for hydroxylation is 1. The van der Waals surface area contributed by atoms with Crippen molar-refractivity contribution in [3.8, 4) is 5.75 Å². The zero-order valence-corrected chi connectivity index (χ0v) is 11.0. The van der Waals surface area contributed by atoms with Crippen molar-refractivity contribution in [1.82, 2.24) is 0 Å². The normalized spacial score (nSPS) is 13.9. The Morgan fingerprint density at radius 3 is 2.31 bits per heavy atom. The molecule has 2 heteroatoms. The Hall–Kier alpha value is -1.02. The molecule has 0 spiro atoms. The largest absolute Gasteiger partial charge is 0.508 e. The molecule has 0 saturated heterocycles. The lowest BCUT2D eigenvalue weighted by Crippen LogP contribution is -2.15. The van der Waals surface area contributed by atoms with Gasteiger partial charge in [0.25, 0.3) is 0 Å². The SMILES string of the molecule is Cc1cc(O)c(C(C)(C)C)cc1C(C)CN. The predicted octanol–water partition coefficient (Wildman–Crippen LogP) is 3.06. The van der Waals surface area contributed by atoms with Crippen molar-refractivity contribution in [2.45, 2.75) is 46.0 Å². The highest BCUT2D eigenvalue weighted by Crippen LogP contribution is 2.34. The first-order chi connectivity index (χ1) is 7.27. The highest BCUT2D eigenvalue weighted by Gasteiger charge is 2.20. The van der Waals surface area contributed by atoms with E-state index >= 15 is 0 Å². The van der Waals surface area contributed by atoms with Gasteiger partial charge in [0.1, 0.15) is 5.75 Å². The molecule has 0 saturated carbocycles. The van der Waals surface area contributed by atoms with E-state index in [0.717, 1.165) is 11.1 Å². The lowest BCUT2D eigenvalue weighted by molar-refractivity contribution is 0.445. The summed E-state index contributed by atoms with van der Waals surface area (Å²) in [5.41, 5.74) is 9.02. The van der Waals surface area contributed by atoms with Crippen LogP contribution in [0.4, 0.5) is 0 Å². The summed E-state index contributed by atoms with van der Waals surface area (Å²) in [5.74, 6) is 0.722. The van der Waals surface area contributed by atoms with Gasteiger partial charge in [0.2, 0.25) is 0 Å². The molecule has 0 radical (unpaired) electrons. The van der Waals surface area contributed by atoms with Gasteiger partial charge in [-0.3, -0.25) is 0 Å². The minimum Gasteiger partial charge on any atom is -0.508 e. The molecule has 1 aromatic rings. The Labute approximate surface area is 98.5 Å². The first-order valence-electron chi connectivity index (χ1n) is 5.81. The summed E-state index contributed by atoms with van der Waals surface area (Å²) in [7, 11) is 0. The van der Waals surface area contributed by atoms with Crippen LogP contribution in [0.2, 0.25) is 0 Å². The molecule has 0 aliphatic carbocycles. The summed E-state index contributed by atoms with van der Waals surface area (Å²) in [5, 5.41) is 9.97. The molecular formula is C14H23NO. The minimum atomic E-state index is -0.0408. The van der Waals surface area contributed by atoms with E-state index in [-0.39, 0.29) is 5.41 Å². The summed E-state index contributed by atoms with van der Waals surface area (Å²) in [6, 6.07) is 3.95. The summed E-state index contributed by atoms with van der Waals surface area (Å²) in [4.78, 5) is 0. The molecule has 1 rings (SSSR count). The van der Waals surface area contributed by atoms with Crippen LogP contribution in [0.3, 0.4) is 0 Å². The van der Waals surface area contributed by atoms with Crippen molar-refractivity contribution >= 4 is 0 Å². The number of benzene rings is 1. The molecule has 1 aromatic carbocycles. The Morgan fingerprint density at radius 2 is 1.88 bits per heavy atom. The average molecular weight is 221 g/mol. The number of hydrogen-bond donors (Lipinski definition) is 2. The average Bonchev–Trinajstić information content (AvgIpc) is 2.14. The van der Waals surface area contributed by atoms with E-state index in [2.05, 4.69) is 33.8 Å². The molecule has 1 unspecified atom stereocenters. The highest BCUT2D eigenvalue weighted by atomic mass is 16.3. The second-order valence-corrected chi connectivity index (χ2v) is 5.61. The van der Waals surface area contributed by atoms with Gasteiger partial charge < -0.3 is 10.8 Å². The van der Waals surface area contributed by atoms with Crippen LogP contribution in [0.5, 0.6) is 5.75 Å². The van der Waals surface area contributed by atoms with E-state index in [1.807, 2.05) is 13.0 Å². The quantitative estimate of drug-likeness (QED) is 0.806. The number of phenolic OH excluding ortho intramolecular Hbond substituents is 1. The fraction of sp³-hybridized carbons (Fsp3) is 0.571. The molecule has 90 valence electrons. The number of phenols is 1. The Kier molecular flexibility index (Phi) is 3.64. The first-order valence-corrected chi connectivity index (χ1v) is 5.81. The molecule has 0 amide bonds. The summed E-state index contributed by atoms with van der Waals surface area (Å²) in [6.07, 6.45) is 0. The first kappa shape index (κ1) is 13.0. The molecule has 0 fully saturated rings. The van der Waals surface area contributed by atoms with Crippen LogP contribution in [-0.4, -0.2) is 11.7 Å². The molecule has 2 nitrogen and oxygen atoms in total. The van der Waals surface area contributed by atoms with Crippen molar-refractivity contribution < 1.29 is 5.11 Å². The van der Waals surface area contributed by atoms with Crippen molar-refractivity contribution in [2.75, 3.05) is 6.54 Å². The molecule has 16 heavy (non-hydrogen) atoms. The zero-order chi connectivity index (χ0) is 12.5. The van der Waals surface area contributed by atoms with Crippen molar-refractivity contribution in [3.05, 3.63) is 28.8 Å². The number of rotatable bonds is 2. The Balaban J connectivity index is 3.33. The van der Waals surface area contributed by atoms with Gasteiger partial charge in [0.15, 0.2) is 0 Å². The Morgan fingerprint density at radius 1 is 1.31 bits per heavy atom. The van der Waals surface area contributed by atoms with Gasteiger partial charge in [-0.1, -0.05) is 33.8 Å². The van der Waals surface area contributed by atoms with E-state index in [1.165, 1.54) is 5.56 Å². The second-order valence-electron chi connectivity index (χ2n) is 5.61. The van der Waals surface area contributed by atoms with Gasteiger partial charge >= 0.3 is 0 Å². The molecule has 0 bridgehead atoms. The summed E-state index contributed by atoms with van der Waals surface area (Å²) in [6.45, 7) is 11.1. The topological polar surface area (TPSA) is 46.2 Å². The van der Waals surface area contributed by atoms with Crippen LogP contribution in [0.1, 0.15) is 50.3 Å². The van der Waals surface area contributed by atoms with Gasteiger partial charge in [-0.2, -0.15) is 0 Å². The fourth-order valence-corrected chi connectivity index (χ4v) is 1.97. The fourth-order valence-electron chi connectivity index (χ4n) is 1.97. The third-order valence-corrected chi connectivity index (χ3v) is 3.08. The van der Waals surface area contributed by atoms with E-state index in [0.29, 0.717) is 18.2 Å². The molecule has 1 atom stereocenters. The van der Waals surface area contributed by atoms with Crippen molar-refractivity contribution in [2.24, 2.45) is 5.73 Å². The number of aromatic hydroxyl groups is 1. The van der Waals surface area contributed by atoms with E-state index in [1.54, 1.807) is 0 Å². The maximum Gasteiger partial charge on any atom is 0.119 e. The van der Waals surface area contributed by atoms with Crippen LogP contribution in [0, 0.1) is 6.92 Å². The maximum atomic E-state index is 9.97. The number of hydrogen-bond acceptors (Lipinski definition) is 2. The second kappa shape index (κ2) is 4.46. The van der Waals surface area contributed by atoms with Gasteiger partial charge in [-0.05, 0) is 47.6 Å². The van der Waals surface area contributed by atoms with Crippen molar-refractivity contribution in [3.63, 3.8) is 0 Å². The van der Waals surface area contributed by atoms with E-state index < -0.39 is 0 Å². The van der Waals surface area contributed by atoms with Gasteiger partial charge in [0.05, 0.1) is 0 Å². The monoisotopic (exact) mass is 221 g/mol. The smallest absolute Gasteiger partial charge is 0.119 e. The number of nitrogens with two attached hydrogens (primary N) is 1.